The van der Waals surface area contributed by atoms with Crippen molar-refractivity contribution in [3.63, 3.8) is 0 Å². The van der Waals surface area contributed by atoms with Gasteiger partial charge in [-0.25, -0.2) is 79.0 Å². The van der Waals surface area contributed by atoms with Crippen LogP contribution in [-0.2, 0) is 0 Å². The molecular weight excluding hydrogens is 662 g/mol. The first kappa shape index (κ1) is 31.9. The highest BCUT2D eigenvalue weighted by Gasteiger charge is 2.38. The highest BCUT2D eigenvalue weighted by molar-refractivity contribution is 7.99. The van der Waals surface area contributed by atoms with Crippen molar-refractivity contribution >= 4 is 11.8 Å². The van der Waals surface area contributed by atoms with E-state index in [1.165, 1.54) is 0 Å². The van der Waals surface area contributed by atoms with Gasteiger partial charge in [-0.15, -0.1) is 0 Å². The Labute approximate surface area is 228 Å². The van der Waals surface area contributed by atoms with E-state index in [-0.39, 0.29) is 0 Å². The standard InChI is InChI=1S/C24F18S/c25-5-1(6(26)14(34)17(37)13(5)33)3-9(29)19(39)23(20(40)10(3)30)43-24-21(41)11(31)4(12(32)22(24)42)2-7(27)15(35)18(38)16(36)8(2)28. The zero-order valence-electron chi connectivity index (χ0n) is 19.2. The Balaban J connectivity index is 1.97. The molecule has 0 aliphatic rings. The van der Waals surface area contributed by atoms with Crippen molar-refractivity contribution in [2.24, 2.45) is 0 Å². The highest BCUT2D eigenvalue weighted by Crippen LogP contribution is 2.45. The van der Waals surface area contributed by atoms with E-state index in [2.05, 4.69) is 0 Å². The summed E-state index contributed by atoms with van der Waals surface area (Å²) in [5.74, 6) is -52.3. The molecular formula is C24F18S. The van der Waals surface area contributed by atoms with Gasteiger partial charge in [0.15, 0.2) is 93.1 Å². The van der Waals surface area contributed by atoms with Crippen LogP contribution in [0.25, 0.3) is 22.3 Å². The molecule has 0 spiro atoms. The average Bonchev–Trinajstić information content (AvgIpc) is 2.98. The Morgan fingerprint density at radius 2 is 0.326 bits per heavy atom. The molecule has 4 rings (SSSR count). The monoisotopic (exact) mass is 662 g/mol. The van der Waals surface area contributed by atoms with Crippen LogP contribution in [0.3, 0.4) is 0 Å². The lowest BCUT2D eigenvalue weighted by atomic mass is 10.0. The third-order valence-corrected chi connectivity index (χ3v) is 6.70. The molecule has 4 aromatic rings. The molecule has 0 aliphatic heterocycles. The summed E-state index contributed by atoms with van der Waals surface area (Å²) in [6.45, 7) is 0. The topological polar surface area (TPSA) is 0 Å². The van der Waals surface area contributed by atoms with E-state index in [1.54, 1.807) is 0 Å². The summed E-state index contributed by atoms with van der Waals surface area (Å²) < 4.78 is 254. The van der Waals surface area contributed by atoms with Crippen molar-refractivity contribution in [2.75, 3.05) is 0 Å². The maximum absolute atomic E-state index is 14.7. The van der Waals surface area contributed by atoms with Crippen molar-refractivity contribution in [3.05, 3.63) is 105 Å². The summed E-state index contributed by atoms with van der Waals surface area (Å²) in [4.78, 5) is -4.61. The fourth-order valence-electron chi connectivity index (χ4n) is 3.59. The Morgan fingerprint density at radius 1 is 0.186 bits per heavy atom. The van der Waals surface area contributed by atoms with Crippen LogP contribution < -0.4 is 0 Å². The molecule has 0 bridgehead atoms. The second kappa shape index (κ2) is 10.9. The minimum Gasteiger partial charge on any atom is -0.203 e. The van der Waals surface area contributed by atoms with E-state index in [1.807, 2.05) is 0 Å². The van der Waals surface area contributed by atoms with E-state index in [9.17, 15) is 79.0 Å². The second-order valence-electron chi connectivity index (χ2n) is 7.91. The first-order chi connectivity index (χ1) is 19.9. The zero-order valence-corrected chi connectivity index (χ0v) is 20.0. The predicted octanol–water partition coefficient (Wildman–Crippen LogP) is 9.68. The fourth-order valence-corrected chi connectivity index (χ4v) is 4.51. The summed E-state index contributed by atoms with van der Waals surface area (Å²) in [5.41, 5.74) is -10.2. The van der Waals surface area contributed by atoms with Crippen molar-refractivity contribution in [3.8, 4) is 22.3 Å². The third kappa shape index (κ3) is 4.54. The van der Waals surface area contributed by atoms with Crippen LogP contribution >= 0.6 is 11.8 Å². The fraction of sp³-hybridized carbons (Fsp3) is 0. The van der Waals surface area contributed by atoms with Crippen LogP contribution in [-0.4, -0.2) is 0 Å². The molecule has 0 fully saturated rings. The lowest BCUT2D eigenvalue weighted by molar-refractivity contribution is 0.378. The van der Waals surface area contributed by atoms with Crippen LogP contribution in [0, 0.1) is 105 Å². The summed E-state index contributed by atoms with van der Waals surface area (Å²) in [6.07, 6.45) is 0. The van der Waals surface area contributed by atoms with Gasteiger partial charge < -0.3 is 0 Å². The molecule has 43 heavy (non-hydrogen) atoms. The molecule has 0 aromatic heterocycles. The van der Waals surface area contributed by atoms with Crippen LogP contribution in [0.15, 0.2) is 9.79 Å². The minimum atomic E-state index is -2.95. The molecule has 0 saturated heterocycles. The van der Waals surface area contributed by atoms with Gasteiger partial charge in [0.1, 0.15) is 0 Å². The van der Waals surface area contributed by atoms with Gasteiger partial charge in [0.2, 0.25) is 11.6 Å². The summed E-state index contributed by atoms with van der Waals surface area (Å²) in [6, 6.07) is 0. The molecule has 0 N–H and O–H groups in total. The van der Waals surface area contributed by atoms with Gasteiger partial charge in [-0.3, -0.25) is 0 Å². The van der Waals surface area contributed by atoms with E-state index in [4.69, 9.17) is 0 Å². The Hall–Kier alpha value is -4.03. The van der Waals surface area contributed by atoms with Gasteiger partial charge in [-0.1, -0.05) is 11.8 Å². The summed E-state index contributed by atoms with van der Waals surface area (Å²) in [5, 5.41) is 0. The van der Waals surface area contributed by atoms with Gasteiger partial charge in [0.25, 0.3) is 0 Å². The third-order valence-electron chi connectivity index (χ3n) is 5.57. The van der Waals surface area contributed by atoms with Gasteiger partial charge in [0.05, 0.1) is 32.0 Å². The van der Waals surface area contributed by atoms with Crippen LogP contribution in [0.2, 0.25) is 0 Å². The minimum absolute atomic E-state index is 1.26. The molecule has 0 saturated carbocycles. The molecule has 0 nitrogen and oxygen atoms in total. The quantitative estimate of drug-likeness (QED) is 0.119. The Kier molecular flexibility index (Phi) is 8.09. The molecule has 228 valence electrons. The second-order valence-corrected chi connectivity index (χ2v) is 8.93. The Morgan fingerprint density at radius 3 is 0.512 bits per heavy atom. The van der Waals surface area contributed by atoms with E-state index in [0.717, 1.165) is 0 Å². The van der Waals surface area contributed by atoms with Crippen LogP contribution in [0.4, 0.5) is 79.0 Å². The number of hydrogen-bond donors (Lipinski definition) is 0. The van der Waals surface area contributed by atoms with Gasteiger partial charge >= 0.3 is 0 Å². The lowest BCUT2D eigenvalue weighted by Gasteiger charge is -2.16. The molecule has 0 radical (unpaired) electrons. The SMILES string of the molecule is Fc1c(F)c(F)c(-c2c(F)c(F)c(Sc3c(F)c(F)c(-c4c(F)c(F)c(F)c(F)c4F)c(F)c3F)c(F)c2F)c(F)c1F. The van der Waals surface area contributed by atoms with Crippen LogP contribution in [0.1, 0.15) is 0 Å². The number of hydrogen-bond acceptors (Lipinski definition) is 1. The van der Waals surface area contributed by atoms with Gasteiger partial charge in [-0.2, -0.15) is 0 Å². The molecule has 19 heteroatoms. The maximum Gasteiger partial charge on any atom is 0.200 e. The average molecular weight is 662 g/mol. The number of rotatable bonds is 4. The lowest BCUT2D eigenvalue weighted by Crippen LogP contribution is -2.11. The number of halogens is 18. The molecule has 0 heterocycles. The first-order valence-corrected chi connectivity index (χ1v) is 11.1. The van der Waals surface area contributed by atoms with E-state index < -0.39 is 149 Å². The summed E-state index contributed by atoms with van der Waals surface area (Å²) in [7, 11) is 0. The summed E-state index contributed by atoms with van der Waals surface area (Å²) >= 11 is -1.26. The van der Waals surface area contributed by atoms with Crippen LogP contribution in [0.5, 0.6) is 0 Å². The molecule has 0 amide bonds. The van der Waals surface area contributed by atoms with Crippen molar-refractivity contribution in [1.82, 2.24) is 0 Å². The Bertz CT molecular complexity index is 1630. The van der Waals surface area contributed by atoms with E-state index in [0.29, 0.717) is 0 Å². The maximum atomic E-state index is 14.7. The van der Waals surface area contributed by atoms with Crippen molar-refractivity contribution in [1.29, 1.82) is 0 Å². The largest absolute Gasteiger partial charge is 0.203 e. The van der Waals surface area contributed by atoms with E-state index >= 15 is 0 Å². The highest BCUT2D eigenvalue weighted by atomic mass is 32.2. The molecule has 0 unspecified atom stereocenters. The first-order valence-electron chi connectivity index (χ1n) is 10.3. The molecule has 4 aromatic carbocycles. The predicted molar refractivity (Wildman–Crippen MR) is 107 cm³/mol. The van der Waals surface area contributed by atoms with Gasteiger partial charge in [-0.05, 0) is 0 Å². The van der Waals surface area contributed by atoms with Gasteiger partial charge in [0, 0.05) is 0 Å². The number of benzene rings is 4. The zero-order chi connectivity index (χ0) is 32.6. The molecule has 0 aliphatic carbocycles. The molecule has 0 atom stereocenters. The van der Waals surface area contributed by atoms with Crippen molar-refractivity contribution < 1.29 is 79.0 Å². The van der Waals surface area contributed by atoms with Crippen molar-refractivity contribution in [2.45, 2.75) is 9.79 Å². The smallest absolute Gasteiger partial charge is 0.200 e. The normalized spacial score (nSPS) is 11.6.